The first-order valence-electron chi connectivity index (χ1n) is 8.99. The van der Waals surface area contributed by atoms with Crippen LogP contribution in [-0.4, -0.2) is 28.2 Å². The van der Waals surface area contributed by atoms with Gasteiger partial charge in [-0.2, -0.15) is 0 Å². The van der Waals surface area contributed by atoms with Crippen LogP contribution in [0.4, 0.5) is 5.82 Å². The van der Waals surface area contributed by atoms with Crippen LogP contribution in [0.3, 0.4) is 0 Å². The Morgan fingerprint density at radius 3 is 2.84 bits per heavy atom. The average Bonchev–Trinajstić information content (AvgIpc) is 2.98. The Morgan fingerprint density at radius 2 is 2.00 bits per heavy atom. The Balaban J connectivity index is 1.82. The Labute approximate surface area is 152 Å². The first kappa shape index (κ1) is 16.5. The molecule has 1 aliphatic carbocycles. The summed E-state index contributed by atoms with van der Waals surface area (Å²) in [6.07, 6.45) is 7.31. The second-order valence-corrected chi connectivity index (χ2v) is 7.83. The molecule has 2 N–H and O–H groups in total. The lowest BCUT2D eigenvalue weighted by Gasteiger charge is -2.17. The van der Waals surface area contributed by atoms with Gasteiger partial charge in [0.1, 0.15) is 17.0 Å². The summed E-state index contributed by atoms with van der Waals surface area (Å²) in [4.78, 5) is 11.2. The number of aliphatic hydroxyl groups excluding tert-OH is 1. The Morgan fingerprint density at radius 1 is 1.16 bits per heavy atom. The fraction of sp³-hybridized carbons (Fsp3) is 0.400. The van der Waals surface area contributed by atoms with Crippen molar-refractivity contribution in [2.75, 3.05) is 18.5 Å². The van der Waals surface area contributed by atoms with Crippen LogP contribution >= 0.6 is 11.3 Å². The van der Waals surface area contributed by atoms with E-state index in [1.54, 1.807) is 17.7 Å². The summed E-state index contributed by atoms with van der Waals surface area (Å²) in [6.45, 7) is 3.06. The summed E-state index contributed by atoms with van der Waals surface area (Å²) in [6, 6.07) is 6.92. The van der Waals surface area contributed by atoms with E-state index in [4.69, 9.17) is 5.11 Å². The molecule has 1 aromatic carbocycles. The molecular weight excluding hydrogens is 330 g/mol. The molecule has 0 atom stereocenters. The summed E-state index contributed by atoms with van der Waals surface area (Å²) in [5, 5.41) is 13.5. The summed E-state index contributed by atoms with van der Waals surface area (Å²) < 4.78 is 0. The molecule has 25 heavy (non-hydrogen) atoms. The van der Waals surface area contributed by atoms with Gasteiger partial charge in [-0.1, -0.05) is 18.2 Å². The maximum Gasteiger partial charge on any atom is 0.138 e. The number of nitrogens with zero attached hydrogens (tertiary/aromatic N) is 2. The second-order valence-electron chi connectivity index (χ2n) is 6.63. The van der Waals surface area contributed by atoms with E-state index in [9.17, 15) is 0 Å². The monoisotopic (exact) mass is 353 g/mol. The van der Waals surface area contributed by atoms with Gasteiger partial charge >= 0.3 is 0 Å². The highest BCUT2D eigenvalue weighted by atomic mass is 32.1. The van der Waals surface area contributed by atoms with Crippen molar-refractivity contribution in [2.45, 2.75) is 39.0 Å². The number of fused-ring (bicyclic) bond motifs is 2. The molecule has 0 saturated carbocycles. The van der Waals surface area contributed by atoms with Crippen LogP contribution < -0.4 is 5.32 Å². The summed E-state index contributed by atoms with van der Waals surface area (Å²) >= 11 is 1.72. The molecule has 0 amide bonds. The van der Waals surface area contributed by atoms with E-state index < -0.39 is 0 Å². The fourth-order valence-corrected chi connectivity index (χ4v) is 4.71. The zero-order valence-corrected chi connectivity index (χ0v) is 15.3. The number of rotatable bonds is 5. The van der Waals surface area contributed by atoms with E-state index in [1.807, 2.05) is 0 Å². The first-order chi connectivity index (χ1) is 12.3. The van der Waals surface area contributed by atoms with Crippen LogP contribution in [0.1, 0.15) is 35.3 Å². The van der Waals surface area contributed by atoms with E-state index in [1.165, 1.54) is 52.8 Å². The van der Waals surface area contributed by atoms with Crippen LogP contribution in [0, 0.1) is 6.92 Å². The molecule has 0 saturated heterocycles. The number of aryl methyl sites for hydroxylation is 3. The van der Waals surface area contributed by atoms with Crippen molar-refractivity contribution in [3.63, 3.8) is 0 Å². The molecule has 0 unspecified atom stereocenters. The van der Waals surface area contributed by atoms with Crippen LogP contribution in [0.2, 0.25) is 0 Å². The van der Waals surface area contributed by atoms with Crippen molar-refractivity contribution in [3.05, 3.63) is 40.5 Å². The highest BCUT2D eigenvalue weighted by Gasteiger charge is 2.18. The highest BCUT2D eigenvalue weighted by molar-refractivity contribution is 7.19. The third-order valence-electron chi connectivity index (χ3n) is 4.93. The van der Waals surface area contributed by atoms with Gasteiger partial charge in [0.05, 0.1) is 5.39 Å². The molecule has 4 rings (SSSR count). The molecule has 0 spiro atoms. The predicted octanol–water partition coefficient (Wildman–Crippen LogP) is 4.34. The largest absolute Gasteiger partial charge is 0.396 e. The van der Waals surface area contributed by atoms with E-state index in [-0.39, 0.29) is 6.61 Å². The Hall–Kier alpha value is -1.98. The second kappa shape index (κ2) is 7.10. The van der Waals surface area contributed by atoms with Crippen LogP contribution in [0.5, 0.6) is 0 Å². The van der Waals surface area contributed by atoms with Crippen LogP contribution in [0.25, 0.3) is 21.3 Å². The van der Waals surface area contributed by atoms with Crippen LogP contribution in [0.15, 0.2) is 24.5 Å². The molecule has 130 valence electrons. The number of anilines is 1. The van der Waals surface area contributed by atoms with E-state index in [0.29, 0.717) is 13.0 Å². The fourth-order valence-electron chi connectivity index (χ4n) is 3.70. The lowest BCUT2D eigenvalue weighted by atomic mass is 9.89. The quantitative estimate of drug-likeness (QED) is 0.670. The first-order valence-corrected chi connectivity index (χ1v) is 9.80. The predicted molar refractivity (Wildman–Crippen MR) is 104 cm³/mol. The zero-order valence-electron chi connectivity index (χ0n) is 14.5. The van der Waals surface area contributed by atoms with Crippen molar-refractivity contribution < 1.29 is 5.11 Å². The zero-order chi connectivity index (χ0) is 17.2. The topological polar surface area (TPSA) is 58.0 Å². The average molecular weight is 353 g/mol. The molecule has 2 heterocycles. The van der Waals surface area contributed by atoms with Crippen molar-refractivity contribution >= 4 is 27.4 Å². The molecule has 4 nitrogen and oxygen atoms in total. The van der Waals surface area contributed by atoms with E-state index in [2.05, 4.69) is 40.4 Å². The minimum absolute atomic E-state index is 0.182. The van der Waals surface area contributed by atoms with Gasteiger partial charge in [-0.3, -0.25) is 0 Å². The molecule has 0 bridgehead atoms. The SMILES string of the molecule is Cc1sc2ncnc(NCCCO)c2c1-c1ccc2c(c1)CCCC2. The lowest BCUT2D eigenvalue weighted by molar-refractivity contribution is 0.292. The van der Waals surface area contributed by atoms with E-state index in [0.717, 1.165) is 16.0 Å². The molecule has 0 aliphatic heterocycles. The number of aromatic nitrogens is 2. The molecule has 2 aromatic heterocycles. The van der Waals surface area contributed by atoms with Crippen molar-refractivity contribution in [1.29, 1.82) is 0 Å². The summed E-state index contributed by atoms with van der Waals surface area (Å²) in [5.74, 6) is 0.871. The van der Waals surface area contributed by atoms with E-state index >= 15 is 0 Å². The summed E-state index contributed by atoms with van der Waals surface area (Å²) in [5.41, 5.74) is 5.52. The normalized spacial score (nSPS) is 13.8. The highest BCUT2D eigenvalue weighted by Crippen LogP contribution is 2.41. The minimum atomic E-state index is 0.182. The number of aliphatic hydroxyl groups is 1. The summed E-state index contributed by atoms with van der Waals surface area (Å²) in [7, 11) is 0. The van der Waals surface area contributed by atoms with Crippen molar-refractivity contribution in [1.82, 2.24) is 9.97 Å². The maximum atomic E-state index is 9.04. The number of hydrogen-bond acceptors (Lipinski definition) is 5. The smallest absolute Gasteiger partial charge is 0.138 e. The van der Waals surface area contributed by atoms with Gasteiger partial charge in [0.15, 0.2) is 0 Å². The third-order valence-corrected chi connectivity index (χ3v) is 5.94. The molecule has 0 radical (unpaired) electrons. The number of nitrogens with one attached hydrogen (secondary N) is 1. The van der Waals surface area contributed by atoms with Gasteiger partial charge in [0, 0.05) is 23.6 Å². The minimum Gasteiger partial charge on any atom is -0.396 e. The van der Waals surface area contributed by atoms with Gasteiger partial charge < -0.3 is 10.4 Å². The standard InChI is InChI=1S/C20H23N3OS/c1-13-17(16-8-7-14-5-2-3-6-15(14)11-16)18-19(21-9-4-10-24)22-12-23-20(18)25-13/h7-8,11-12,24H,2-6,9-10H2,1H3,(H,21,22,23). The third kappa shape index (κ3) is 3.14. The maximum absolute atomic E-state index is 9.04. The van der Waals surface area contributed by atoms with Gasteiger partial charge in [0.25, 0.3) is 0 Å². The Bertz CT molecular complexity index is 903. The van der Waals surface area contributed by atoms with Gasteiger partial charge in [-0.15, -0.1) is 11.3 Å². The lowest BCUT2D eigenvalue weighted by Crippen LogP contribution is -2.06. The van der Waals surface area contributed by atoms with Crippen molar-refractivity contribution in [2.24, 2.45) is 0 Å². The Kier molecular flexibility index (Phi) is 4.68. The van der Waals surface area contributed by atoms with Gasteiger partial charge in [0.2, 0.25) is 0 Å². The molecule has 1 aliphatic rings. The molecular formula is C20H23N3OS. The molecule has 5 heteroatoms. The molecule has 3 aromatic rings. The van der Waals surface area contributed by atoms with Crippen LogP contribution in [-0.2, 0) is 12.8 Å². The van der Waals surface area contributed by atoms with Gasteiger partial charge in [-0.05, 0) is 55.7 Å². The number of thiophene rings is 1. The van der Waals surface area contributed by atoms with Gasteiger partial charge in [-0.25, -0.2) is 9.97 Å². The number of benzene rings is 1. The number of hydrogen-bond donors (Lipinski definition) is 2. The molecule has 0 fully saturated rings. The van der Waals surface area contributed by atoms with Crippen molar-refractivity contribution in [3.8, 4) is 11.1 Å².